The van der Waals surface area contributed by atoms with E-state index in [1.165, 1.54) is 21.5 Å². The van der Waals surface area contributed by atoms with Crippen LogP contribution in [0.1, 0.15) is 37.1 Å². The van der Waals surface area contributed by atoms with Gasteiger partial charge in [-0.15, -0.1) is 11.3 Å². The molecular formula is C14H21BrN2OS. The third-order valence-corrected chi connectivity index (χ3v) is 5.92. The lowest BCUT2D eigenvalue weighted by Gasteiger charge is -2.40. The van der Waals surface area contributed by atoms with Crippen molar-refractivity contribution in [2.75, 3.05) is 13.1 Å². The van der Waals surface area contributed by atoms with E-state index in [-0.39, 0.29) is 6.04 Å². The van der Waals surface area contributed by atoms with Crippen LogP contribution in [0.4, 0.5) is 0 Å². The molecule has 19 heavy (non-hydrogen) atoms. The molecule has 4 unspecified atom stereocenters. The van der Waals surface area contributed by atoms with Gasteiger partial charge < -0.3 is 10.5 Å². The summed E-state index contributed by atoms with van der Waals surface area (Å²) in [6.45, 7) is 4.24. The summed E-state index contributed by atoms with van der Waals surface area (Å²) < 4.78 is 7.13. The van der Waals surface area contributed by atoms with Gasteiger partial charge in [0.05, 0.1) is 22.0 Å². The second-order valence-electron chi connectivity index (χ2n) is 5.57. The first-order chi connectivity index (χ1) is 9.17. The summed E-state index contributed by atoms with van der Waals surface area (Å²) in [5, 5.41) is 0. The van der Waals surface area contributed by atoms with Crippen molar-refractivity contribution < 1.29 is 4.74 Å². The van der Waals surface area contributed by atoms with E-state index in [1.807, 2.05) is 11.3 Å². The van der Waals surface area contributed by atoms with Gasteiger partial charge >= 0.3 is 0 Å². The summed E-state index contributed by atoms with van der Waals surface area (Å²) in [7, 11) is 0. The van der Waals surface area contributed by atoms with Crippen molar-refractivity contribution in [1.82, 2.24) is 4.90 Å². The van der Waals surface area contributed by atoms with Crippen LogP contribution in [-0.2, 0) is 4.74 Å². The Kier molecular flexibility index (Phi) is 4.29. The molecule has 0 spiro atoms. The number of rotatable bonds is 4. The first-order valence-corrected chi connectivity index (χ1v) is 8.68. The van der Waals surface area contributed by atoms with Crippen molar-refractivity contribution in [2.45, 2.75) is 50.5 Å². The quantitative estimate of drug-likeness (QED) is 0.911. The van der Waals surface area contributed by atoms with Gasteiger partial charge in [0.1, 0.15) is 0 Å². The van der Waals surface area contributed by atoms with Crippen molar-refractivity contribution in [3.8, 4) is 0 Å². The van der Waals surface area contributed by atoms with Gasteiger partial charge in [-0.2, -0.15) is 0 Å². The molecule has 2 fully saturated rings. The van der Waals surface area contributed by atoms with Crippen molar-refractivity contribution in [1.29, 1.82) is 0 Å². The summed E-state index contributed by atoms with van der Waals surface area (Å²) >= 11 is 5.38. The van der Waals surface area contributed by atoms with E-state index in [9.17, 15) is 0 Å². The van der Waals surface area contributed by atoms with Crippen LogP contribution in [0.25, 0.3) is 0 Å². The minimum absolute atomic E-state index is 0.197. The molecule has 4 atom stereocenters. The van der Waals surface area contributed by atoms with Crippen LogP contribution in [0.3, 0.4) is 0 Å². The molecule has 0 aromatic carbocycles. The van der Waals surface area contributed by atoms with Gasteiger partial charge in [-0.1, -0.05) is 6.92 Å². The van der Waals surface area contributed by atoms with E-state index in [0.717, 1.165) is 19.5 Å². The highest BCUT2D eigenvalue weighted by atomic mass is 79.9. The zero-order valence-electron chi connectivity index (χ0n) is 11.2. The van der Waals surface area contributed by atoms with Gasteiger partial charge in [-0.05, 0) is 47.3 Å². The minimum Gasteiger partial charge on any atom is -0.372 e. The Labute approximate surface area is 127 Å². The van der Waals surface area contributed by atoms with Crippen molar-refractivity contribution in [3.63, 3.8) is 0 Å². The number of hydrogen-bond donors (Lipinski definition) is 1. The lowest BCUT2D eigenvalue weighted by Crippen LogP contribution is -2.49. The molecule has 2 N–H and O–H groups in total. The number of hydrogen-bond acceptors (Lipinski definition) is 4. The Morgan fingerprint density at radius 1 is 1.42 bits per heavy atom. The molecule has 3 heterocycles. The Morgan fingerprint density at radius 3 is 2.63 bits per heavy atom. The first kappa shape index (κ1) is 14.0. The molecule has 2 aliphatic rings. The van der Waals surface area contributed by atoms with Gasteiger partial charge in [-0.3, -0.25) is 4.90 Å². The SMILES string of the molecule is CCC(N)C(c1ccc(Br)s1)N1CC2CCC(C1)O2. The Balaban J connectivity index is 1.83. The second kappa shape index (κ2) is 5.82. The van der Waals surface area contributed by atoms with E-state index < -0.39 is 0 Å². The number of thiophene rings is 1. The number of halogens is 1. The number of ether oxygens (including phenoxy) is 1. The van der Waals surface area contributed by atoms with Crippen LogP contribution in [0.5, 0.6) is 0 Å². The largest absolute Gasteiger partial charge is 0.372 e. The molecule has 0 radical (unpaired) electrons. The fourth-order valence-electron chi connectivity index (χ4n) is 3.25. The van der Waals surface area contributed by atoms with Crippen LogP contribution in [0.15, 0.2) is 15.9 Å². The molecule has 0 amide bonds. The normalized spacial score (nSPS) is 30.5. The molecule has 3 rings (SSSR count). The summed E-state index contributed by atoms with van der Waals surface area (Å²) in [5.41, 5.74) is 6.41. The lowest BCUT2D eigenvalue weighted by atomic mass is 10.0. The molecule has 2 aliphatic heterocycles. The molecule has 106 valence electrons. The number of morpholine rings is 1. The van der Waals surface area contributed by atoms with E-state index in [1.54, 1.807) is 0 Å². The Hall–Kier alpha value is 0.0600. The van der Waals surface area contributed by atoms with Gasteiger partial charge in [0.2, 0.25) is 0 Å². The standard InChI is InChI=1S/C14H21BrN2OS/c1-2-11(16)14(12-5-6-13(15)19-12)17-7-9-3-4-10(8-17)18-9/h5-6,9-11,14H,2-4,7-8,16H2,1H3. The maximum Gasteiger partial charge on any atom is 0.0707 e. The molecular weight excluding hydrogens is 324 g/mol. The van der Waals surface area contributed by atoms with E-state index >= 15 is 0 Å². The fourth-order valence-corrected chi connectivity index (χ4v) is 4.88. The molecule has 1 aromatic heterocycles. The van der Waals surface area contributed by atoms with E-state index in [2.05, 4.69) is 39.9 Å². The summed E-state index contributed by atoms with van der Waals surface area (Å²) in [4.78, 5) is 3.93. The zero-order valence-corrected chi connectivity index (χ0v) is 13.6. The molecule has 3 nitrogen and oxygen atoms in total. The van der Waals surface area contributed by atoms with Crippen LogP contribution in [0.2, 0.25) is 0 Å². The first-order valence-electron chi connectivity index (χ1n) is 7.07. The Morgan fingerprint density at radius 2 is 2.11 bits per heavy atom. The predicted octanol–water partition coefficient (Wildman–Crippen LogP) is 3.15. The number of likely N-dealkylation sites (tertiary alicyclic amines) is 1. The molecule has 2 bridgehead atoms. The highest BCUT2D eigenvalue weighted by Crippen LogP contribution is 2.37. The third-order valence-electron chi connectivity index (χ3n) is 4.23. The summed E-state index contributed by atoms with van der Waals surface area (Å²) in [5.74, 6) is 0. The number of nitrogens with zero attached hydrogens (tertiary/aromatic N) is 1. The summed E-state index contributed by atoms with van der Waals surface area (Å²) in [6.07, 6.45) is 4.28. The molecule has 2 saturated heterocycles. The van der Waals surface area contributed by atoms with Crippen molar-refractivity contribution in [3.05, 3.63) is 20.8 Å². The van der Waals surface area contributed by atoms with Gasteiger partial charge in [-0.25, -0.2) is 0 Å². The fraction of sp³-hybridized carbons (Fsp3) is 0.714. The lowest BCUT2D eigenvalue weighted by molar-refractivity contribution is -0.0563. The van der Waals surface area contributed by atoms with Crippen molar-refractivity contribution >= 4 is 27.3 Å². The number of fused-ring (bicyclic) bond motifs is 2. The van der Waals surface area contributed by atoms with Gasteiger partial charge in [0.15, 0.2) is 0 Å². The molecule has 0 aliphatic carbocycles. The van der Waals surface area contributed by atoms with Gasteiger partial charge in [0.25, 0.3) is 0 Å². The average Bonchev–Trinajstić information content (AvgIpc) is 2.96. The third kappa shape index (κ3) is 2.90. The van der Waals surface area contributed by atoms with Gasteiger partial charge in [0, 0.05) is 24.0 Å². The Bertz CT molecular complexity index is 427. The average molecular weight is 345 g/mol. The molecule has 0 saturated carbocycles. The van der Waals surface area contributed by atoms with Crippen LogP contribution in [-0.4, -0.2) is 36.2 Å². The molecule has 1 aromatic rings. The van der Waals surface area contributed by atoms with Crippen LogP contribution >= 0.6 is 27.3 Å². The highest BCUT2D eigenvalue weighted by molar-refractivity contribution is 9.11. The van der Waals surface area contributed by atoms with Crippen LogP contribution < -0.4 is 5.73 Å². The number of nitrogens with two attached hydrogens (primary N) is 1. The maximum atomic E-state index is 6.41. The van der Waals surface area contributed by atoms with Crippen LogP contribution in [0, 0.1) is 0 Å². The molecule has 5 heteroatoms. The minimum atomic E-state index is 0.197. The monoisotopic (exact) mass is 344 g/mol. The summed E-state index contributed by atoms with van der Waals surface area (Å²) in [6, 6.07) is 4.88. The topological polar surface area (TPSA) is 38.5 Å². The maximum absolute atomic E-state index is 6.41. The second-order valence-corrected chi connectivity index (χ2v) is 8.06. The zero-order chi connectivity index (χ0) is 13.4. The smallest absolute Gasteiger partial charge is 0.0707 e. The van der Waals surface area contributed by atoms with E-state index in [4.69, 9.17) is 10.5 Å². The van der Waals surface area contributed by atoms with Crippen molar-refractivity contribution in [2.24, 2.45) is 5.73 Å². The van der Waals surface area contributed by atoms with E-state index in [0.29, 0.717) is 18.2 Å². The highest BCUT2D eigenvalue weighted by Gasteiger charge is 2.38. The predicted molar refractivity (Wildman–Crippen MR) is 82.5 cm³/mol.